The highest BCUT2D eigenvalue weighted by Gasteiger charge is 2.22. The molecule has 0 saturated carbocycles. The molecule has 0 radical (unpaired) electrons. The molecule has 4 nitrogen and oxygen atoms in total. The van der Waals surface area contributed by atoms with Crippen molar-refractivity contribution in [1.82, 2.24) is 4.98 Å². The molecule has 0 amide bonds. The monoisotopic (exact) mass is 305 g/mol. The number of carboxylic acid groups (broad SMARTS) is 1. The van der Waals surface area contributed by atoms with Gasteiger partial charge in [0.25, 0.3) is 0 Å². The number of aromatic nitrogens is 1. The fourth-order valence-electron chi connectivity index (χ4n) is 1.77. The van der Waals surface area contributed by atoms with Gasteiger partial charge < -0.3 is 9.52 Å². The second kappa shape index (κ2) is 5.11. The molecule has 1 N–H and O–H groups in total. The Morgan fingerprint density at radius 2 is 1.95 bits per heavy atom. The second-order valence-corrected chi connectivity index (χ2v) is 5.69. The number of aromatic carboxylic acids is 1. The van der Waals surface area contributed by atoms with E-state index in [0.717, 1.165) is 5.56 Å². The van der Waals surface area contributed by atoms with E-state index in [0.29, 0.717) is 9.21 Å². The number of halogens is 1. The van der Waals surface area contributed by atoms with Crippen molar-refractivity contribution in [2.24, 2.45) is 0 Å². The van der Waals surface area contributed by atoms with E-state index < -0.39 is 5.97 Å². The van der Waals surface area contributed by atoms with Gasteiger partial charge in [-0.05, 0) is 24.3 Å². The lowest BCUT2D eigenvalue weighted by Crippen LogP contribution is -1.98. The molecule has 1 aromatic carbocycles. The van der Waals surface area contributed by atoms with Gasteiger partial charge in [-0.2, -0.15) is 0 Å². The molecule has 100 valence electrons. The molecule has 0 saturated heterocycles. The van der Waals surface area contributed by atoms with Gasteiger partial charge in [0.05, 0.1) is 9.21 Å². The van der Waals surface area contributed by atoms with Crippen LogP contribution >= 0.6 is 22.9 Å². The lowest BCUT2D eigenvalue weighted by atomic mass is 10.2. The van der Waals surface area contributed by atoms with Crippen LogP contribution in [0.2, 0.25) is 4.34 Å². The van der Waals surface area contributed by atoms with Crippen molar-refractivity contribution in [2.45, 2.75) is 0 Å². The number of hydrogen-bond donors (Lipinski definition) is 1. The summed E-state index contributed by atoms with van der Waals surface area (Å²) in [7, 11) is 0. The van der Waals surface area contributed by atoms with Crippen LogP contribution in [-0.4, -0.2) is 16.1 Å². The topological polar surface area (TPSA) is 63.3 Å². The Kier molecular flexibility index (Phi) is 3.30. The van der Waals surface area contributed by atoms with Gasteiger partial charge in [0, 0.05) is 5.56 Å². The second-order valence-electron chi connectivity index (χ2n) is 3.97. The minimum atomic E-state index is -1.13. The van der Waals surface area contributed by atoms with Crippen LogP contribution in [0.5, 0.6) is 0 Å². The maximum Gasteiger partial charge on any atom is 0.358 e. The summed E-state index contributed by atoms with van der Waals surface area (Å²) in [6.07, 6.45) is 0. The standard InChI is InChI=1S/C14H8ClNO3S/c15-10-7-6-9(20-10)12-11(14(17)18)16-13(19-12)8-4-2-1-3-5-8/h1-7H,(H,17,18). The minimum Gasteiger partial charge on any atom is -0.476 e. The molecule has 0 aliphatic heterocycles. The van der Waals surface area contributed by atoms with E-state index in [2.05, 4.69) is 4.98 Å². The molecule has 0 bridgehead atoms. The summed E-state index contributed by atoms with van der Waals surface area (Å²) in [6.45, 7) is 0. The first-order valence-electron chi connectivity index (χ1n) is 5.70. The summed E-state index contributed by atoms with van der Waals surface area (Å²) in [6, 6.07) is 12.6. The van der Waals surface area contributed by atoms with Crippen LogP contribution in [0.3, 0.4) is 0 Å². The molecular weight excluding hydrogens is 298 g/mol. The highest BCUT2D eigenvalue weighted by molar-refractivity contribution is 7.19. The summed E-state index contributed by atoms with van der Waals surface area (Å²) in [5, 5.41) is 9.24. The van der Waals surface area contributed by atoms with Gasteiger partial charge in [-0.1, -0.05) is 29.8 Å². The lowest BCUT2D eigenvalue weighted by Gasteiger charge is -1.93. The Hall–Kier alpha value is -2.11. The third-order valence-corrected chi connectivity index (χ3v) is 3.88. The average molecular weight is 306 g/mol. The Balaban J connectivity index is 2.15. The number of carbonyl (C=O) groups is 1. The van der Waals surface area contributed by atoms with Crippen LogP contribution in [0.15, 0.2) is 46.9 Å². The summed E-state index contributed by atoms with van der Waals surface area (Å²) in [5.41, 5.74) is 0.617. The molecule has 0 unspecified atom stereocenters. The number of nitrogens with zero attached hydrogens (tertiary/aromatic N) is 1. The smallest absolute Gasteiger partial charge is 0.358 e. The van der Waals surface area contributed by atoms with E-state index in [-0.39, 0.29) is 17.3 Å². The van der Waals surface area contributed by atoms with E-state index in [1.165, 1.54) is 11.3 Å². The largest absolute Gasteiger partial charge is 0.476 e. The van der Waals surface area contributed by atoms with Gasteiger partial charge >= 0.3 is 5.97 Å². The van der Waals surface area contributed by atoms with E-state index in [1.807, 2.05) is 30.3 Å². The van der Waals surface area contributed by atoms with Gasteiger partial charge in [-0.15, -0.1) is 11.3 Å². The molecule has 2 aromatic heterocycles. The molecule has 6 heteroatoms. The summed E-state index contributed by atoms with van der Waals surface area (Å²) in [4.78, 5) is 16.0. The number of hydrogen-bond acceptors (Lipinski definition) is 4. The van der Waals surface area contributed by atoms with E-state index in [1.54, 1.807) is 12.1 Å². The maximum absolute atomic E-state index is 11.3. The molecule has 3 aromatic rings. The molecule has 0 aliphatic rings. The first-order valence-corrected chi connectivity index (χ1v) is 6.90. The average Bonchev–Trinajstić information content (AvgIpc) is 3.05. The normalized spacial score (nSPS) is 10.7. The lowest BCUT2D eigenvalue weighted by molar-refractivity contribution is 0.0691. The van der Waals surface area contributed by atoms with Crippen molar-refractivity contribution in [3.63, 3.8) is 0 Å². The summed E-state index contributed by atoms with van der Waals surface area (Å²) in [5.74, 6) is -0.619. The number of carboxylic acids is 1. The van der Waals surface area contributed by atoms with Gasteiger partial charge in [0.2, 0.25) is 5.89 Å². The third-order valence-electron chi connectivity index (χ3n) is 2.65. The zero-order valence-electron chi connectivity index (χ0n) is 10.0. The fraction of sp³-hybridized carbons (Fsp3) is 0. The van der Waals surface area contributed by atoms with Crippen LogP contribution in [-0.2, 0) is 0 Å². The van der Waals surface area contributed by atoms with E-state index in [4.69, 9.17) is 16.0 Å². The molecule has 0 aliphatic carbocycles. The zero-order valence-corrected chi connectivity index (χ0v) is 11.6. The first kappa shape index (κ1) is 12.9. The summed E-state index contributed by atoms with van der Waals surface area (Å²) < 4.78 is 6.19. The molecule has 2 heterocycles. The predicted octanol–water partition coefficient (Wildman–Crippen LogP) is 4.42. The van der Waals surface area contributed by atoms with E-state index in [9.17, 15) is 9.90 Å². The van der Waals surface area contributed by atoms with Crippen LogP contribution in [0.25, 0.3) is 22.1 Å². The Bertz CT molecular complexity index is 764. The number of oxazole rings is 1. The van der Waals surface area contributed by atoms with Crippen molar-refractivity contribution in [2.75, 3.05) is 0 Å². The molecule has 0 spiro atoms. The quantitative estimate of drug-likeness (QED) is 0.778. The minimum absolute atomic E-state index is 0.109. The maximum atomic E-state index is 11.3. The first-order chi connectivity index (χ1) is 9.65. The molecule has 3 rings (SSSR count). The van der Waals surface area contributed by atoms with Gasteiger partial charge in [0.15, 0.2) is 11.5 Å². The number of benzene rings is 1. The van der Waals surface area contributed by atoms with Crippen molar-refractivity contribution in [3.8, 4) is 22.1 Å². The van der Waals surface area contributed by atoms with Crippen molar-refractivity contribution in [3.05, 3.63) is 52.5 Å². The highest BCUT2D eigenvalue weighted by atomic mass is 35.5. The van der Waals surface area contributed by atoms with Crippen LogP contribution in [0.4, 0.5) is 0 Å². The van der Waals surface area contributed by atoms with Crippen LogP contribution in [0.1, 0.15) is 10.5 Å². The predicted molar refractivity (Wildman–Crippen MR) is 77.2 cm³/mol. The zero-order chi connectivity index (χ0) is 14.1. The Labute approximate surface area is 123 Å². The van der Waals surface area contributed by atoms with Crippen LogP contribution < -0.4 is 0 Å². The molecule has 20 heavy (non-hydrogen) atoms. The number of rotatable bonds is 3. The highest BCUT2D eigenvalue weighted by Crippen LogP contribution is 2.35. The van der Waals surface area contributed by atoms with Gasteiger partial charge in [0.1, 0.15) is 0 Å². The van der Waals surface area contributed by atoms with Gasteiger partial charge in [-0.25, -0.2) is 9.78 Å². The van der Waals surface area contributed by atoms with Crippen LogP contribution in [0, 0.1) is 0 Å². The Morgan fingerprint density at radius 1 is 1.20 bits per heavy atom. The number of thiophene rings is 1. The third kappa shape index (κ3) is 2.33. The van der Waals surface area contributed by atoms with Crippen molar-refractivity contribution in [1.29, 1.82) is 0 Å². The molecule has 0 fully saturated rings. The summed E-state index contributed by atoms with van der Waals surface area (Å²) >= 11 is 7.12. The van der Waals surface area contributed by atoms with Crippen molar-refractivity contribution >= 4 is 28.9 Å². The van der Waals surface area contributed by atoms with E-state index >= 15 is 0 Å². The van der Waals surface area contributed by atoms with Crippen molar-refractivity contribution < 1.29 is 14.3 Å². The van der Waals surface area contributed by atoms with Gasteiger partial charge in [-0.3, -0.25) is 0 Å². The SMILES string of the molecule is O=C(O)c1nc(-c2ccccc2)oc1-c1ccc(Cl)s1. The Morgan fingerprint density at radius 3 is 2.55 bits per heavy atom. The fourth-order valence-corrected chi connectivity index (χ4v) is 2.80. The molecular formula is C14H8ClNO3S. The molecule has 0 atom stereocenters.